The Morgan fingerprint density at radius 3 is 2.40 bits per heavy atom. The molecule has 184 valence electrons. The summed E-state index contributed by atoms with van der Waals surface area (Å²) in [6.07, 6.45) is 1.45. The predicted octanol–water partition coefficient (Wildman–Crippen LogP) is 4.40. The number of aryl methyl sites for hydroxylation is 1. The van der Waals surface area contributed by atoms with Crippen LogP contribution in [0.1, 0.15) is 18.1 Å². The third kappa shape index (κ3) is 6.74. The second-order valence-corrected chi connectivity index (χ2v) is 9.73. The number of sulfonamides is 1. The van der Waals surface area contributed by atoms with Crippen molar-refractivity contribution in [2.24, 2.45) is 5.10 Å². The van der Waals surface area contributed by atoms with Crippen molar-refractivity contribution in [3.63, 3.8) is 0 Å². The summed E-state index contributed by atoms with van der Waals surface area (Å²) in [5, 5.41) is 4.24. The van der Waals surface area contributed by atoms with Crippen LogP contribution in [-0.4, -0.2) is 40.8 Å². The molecule has 0 bridgehead atoms. The van der Waals surface area contributed by atoms with E-state index in [4.69, 9.17) is 21.1 Å². The van der Waals surface area contributed by atoms with E-state index in [0.717, 1.165) is 21.2 Å². The number of carbonyl (C=O) groups excluding carboxylic acids is 1. The van der Waals surface area contributed by atoms with Gasteiger partial charge in [0.15, 0.2) is 0 Å². The lowest BCUT2D eigenvalue weighted by Gasteiger charge is -2.25. The van der Waals surface area contributed by atoms with Gasteiger partial charge in [-0.05, 0) is 74.0 Å². The minimum absolute atomic E-state index is 0.0239. The maximum atomic E-state index is 13.5. The Bertz CT molecular complexity index is 1290. The largest absolute Gasteiger partial charge is 0.495 e. The highest BCUT2D eigenvalue weighted by Crippen LogP contribution is 2.34. The van der Waals surface area contributed by atoms with E-state index in [1.807, 2.05) is 13.8 Å². The number of anilines is 1. The molecule has 3 rings (SSSR count). The van der Waals surface area contributed by atoms with E-state index in [1.165, 1.54) is 37.6 Å². The summed E-state index contributed by atoms with van der Waals surface area (Å²) in [5.41, 5.74) is 4.14. The van der Waals surface area contributed by atoms with Crippen LogP contribution < -0.4 is 19.2 Å². The first-order valence-corrected chi connectivity index (χ1v) is 12.5. The molecule has 0 unspecified atom stereocenters. The summed E-state index contributed by atoms with van der Waals surface area (Å²) >= 11 is 6.14. The van der Waals surface area contributed by atoms with Gasteiger partial charge in [-0.15, -0.1) is 0 Å². The highest BCUT2D eigenvalue weighted by molar-refractivity contribution is 7.92. The van der Waals surface area contributed by atoms with Crippen LogP contribution in [0, 0.1) is 6.92 Å². The second kappa shape index (κ2) is 11.7. The lowest BCUT2D eigenvalue weighted by atomic mass is 10.2. The summed E-state index contributed by atoms with van der Waals surface area (Å²) in [5.74, 6) is 0.321. The number of hydrogen-bond donors (Lipinski definition) is 1. The van der Waals surface area contributed by atoms with Gasteiger partial charge >= 0.3 is 0 Å². The Morgan fingerprint density at radius 1 is 1.09 bits per heavy atom. The summed E-state index contributed by atoms with van der Waals surface area (Å²) in [6, 6.07) is 18.0. The fourth-order valence-electron chi connectivity index (χ4n) is 3.16. The van der Waals surface area contributed by atoms with Crippen molar-refractivity contribution in [3.05, 3.63) is 82.9 Å². The van der Waals surface area contributed by atoms with E-state index in [2.05, 4.69) is 10.5 Å². The van der Waals surface area contributed by atoms with Gasteiger partial charge in [-0.3, -0.25) is 9.10 Å². The van der Waals surface area contributed by atoms with Gasteiger partial charge < -0.3 is 9.47 Å². The van der Waals surface area contributed by atoms with E-state index in [9.17, 15) is 13.2 Å². The Kier molecular flexibility index (Phi) is 8.73. The third-order valence-corrected chi connectivity index (χ3v) is 6.91. The second-order valence-electron chi connectivity index (χ2n) is 7.44. The molecule has 1 amide bonds. The number of methoxy groups -OCH3 is 1. The van der Waals surface area contributed by atoms with Crippen molar-refractivity contribution in [2.45, 2.75) is 18.7 Å². The van der Waals surface area contributed by atoms with E-state index in [0.29, 0.717) is 11.6 Å². The van der Waals surface area contributed by atoms with Gasteiger partial charge in [-0.1, -0.05) is 29.3 Å². The lowest BCUT2D eigenvalue weighted by Crippen LogP contribution is -2.39. The monoisotopic (exact) mass is 515 g/mol. The van der Waals surface area contributed by atoms with E-state index < -0.39 is 22.5 Å². The van der Waals surface area contributed by atoms with Gasteiger partial charge in [0.2, 0.25) is 0 Å². The highest BCUT2D eigenvalue weighted by atomic mass is 35.5. The number of halogens is 1. The van der Waals surface area contributed by atoms with E-state index in [-0.39, 0.29) is 16.3 Å². The molecule has 1 N–H and O–H groups in total. The molecule has 0 aliphatic rings. The number of benzene rings is 3. The SMILES string of the molecule is CCOc1ccc(/C=N\NC(=O)CN(c2cc(Cl)ccc2OC)S(=O)(=O)c2ccc(C)cc2)cc1. The fourth-order valence-corrected chi connectivity index (χ4v) is 4.75. The van der Waals surface area contributed by atoms with Crippen molar-refractivity contribution in [1.29, 1.82) is 0 Å². The van der Waals surface area contributed by atoms with Crippen LogP contribution in [0.2, 0.25) is 5.02 Å². The zero-order chi connectivity index (χ0) is 25.4. The number of amides is 1. The molecule has 0 aromatic heterocycles. The molecule has 3 aromatic carbocycles. The molecule has 0 saturated heterocycles. The van der Waals surface area contributed by atoms with Gasteiger partial charge in [0.1, 0.15) is 18.0 Å². The summed E-state index contributed by atoms with van der Waals surface area (Å²) in [7, 11) is -2.73. The first kappa shape index (κ1) is 26.1. The van der Waals surface area contributed by atoms with E-state index >= 15 is 0 Å². The zero-order valence-electron chi connectivity index (χ0n) is 19.6. The summed E-state index contributed by atoms with van der Waals surface area (Å²) in [6.45, 7) is 3.76. The van der Waals surface area contributed by atoms with Crippen LogP contribution >= 0.6 is 11.6 Å². The van der Waals surface area contributed by atoms with Crippen LogP contribution in [0.3, 0.4) is 0 Å². The number of hydrazone groups is 1. The molecule has 0 aliphatic carbocycles. The quantitative estimate of drug-likeness (QED) is 0.319. The van der Waals surface area contributed by atoms with Gasteiger partial charge in [-0.25, -0.2) is 13.8 Å². The van der Waals surface area contributed by atoms with Crippen molar-refractivity contribution in [3.8, 4) is 11.5 Å². The molecule has 0 saturated carbocycles. The summed E-state index contributed by atoms with van der Waals surface area (Å²) < 4.78 is 38.8. The Morgan fingerprint density at radius 2 is 1.77 bits per heavy atom. The maximum Gasteiger partial charge on any atom is 0.264 e. The van der Waals surface area contributed by atoms with Gasteiger partial charge in [0, 0.05) is 5.02 Å². The summed E-state index contributed by atoms with van der Waals surface area (Å²) in [4.78, 5) is 12.8. The first-order chi connectivity index (χ1) is 16.7. The number of nitrogens with zero attached hydrogens (tertiary/aromatic N) is 2. The highest BCUT2D eigenvalue weighted by Gasteiger charge is 2.29. The number of nitrogens with one attached hydrogen (secondary N) is 1. The molecule has 0 radical (unpaired) electrons. The predicted molar refractivity (Wildman–Crippen MR) is 137 cm³/mol. The van der Waals surface area contributed by atoms with Crippen LogP contribution in [0.15, 0.2) is 76.7 Å². The number of ether oxygens (including phenoxy) is 2. The van der Waals surface area contributed by atoms with Crippen molar-refractivity contribution < 1.29 is 22.7 Å². The Balaban J connectivity index is 1.86. The molecule has 0 atom stereocenters. The van der Waals surface area contributed by atoms with Gasteiger partial charge in [-0.2, -0.15) is 5.10 Å². The molecule has 10 heteroatoms. The zero-order valence-corrected chi connectivity index (χ0v) is 21.1. The smallest absolute Gasteiger partial charge is 0.264 e. The van der Waals surface area contributed by atoms with Crippen molar-refractivity contribution >= 4 is 39.4 Å². The Hall–Kier alpha value is -3.56. The molecule has 0 spiro atoms. The van der Waals surface area contributed by atoms with Crippen molar-refractivity contribution in [1.82, 2.24) is 5.43 Å². The van der Waals surface area contributed by atoms with Crippen molar-refractivity contribution in [2.75, 3.05) is 24.6 Å². The van der Waals surface area contributed by atoms with Crippen LogP contribution in [-0.2, 0) is 14.8 Å². The average molecular weight is 516 g/mol. The molecule has 8 nitrogen and oxygen atoms in total. The van der Waals surface area contributed by atoms with Gasteiger partial charge in [0.25, 0.3) is 15.9 Å². The van der Waals surface area contributed by atoms with E-state index in [1.54, 1.807) is 42.5 Å². The lowest BCUT2D eigenvalue weighted by molar-refractivity contribution is -0.119. The standard InChI is InChI=1S/C25H26ClN3O5S/c1-4-34-21-10-7-19(8-11-21)16-27-28-25(30)17-29(23-15-20(26)9-14-24(23)33-3)35(31,32)22-12-5-18(2)6-13-22/h5-16H,4,17H2,1-3H3,(H,28,30)/b27-16-. The minimum atomic E-state index is -4.13. The minimum Gasteiger partial charge on any atom is -0.495 e. The first-order valence-electron chi connectivity index (χ1n) is 10.7. The number of hydrogen-bond acceptors (Lipinski definition) is 6. The average Bonchev–Trinajstić information content (AvgIpc) is 2.84. The normalized spacial score (nSPS) is 11.3. The molecule has 3 aromatic rings. The molecule has 0 heterocycles. The molecular weight excluding hydrogens is 490 g/mol. The Labute approximate surface area is 210 Å². The molecule has 0 aliphatic heterocycles. The maximum absolute atomic E-state index is 13.5. The number of carbonyl (C=O) groups is 1. The van der Waals surface area contributed by atoms with Crippen LogP contribution in [0.4, 0.5) is 5.69 Å². The molecule has 0 fully saturated rings. The topological polar surface area (TPSA) is 97.3 Å². The number of rotatable bonds is 10. The van der Waals surface area contributed by atoms with Gasteiger partial charge in [0.05, 0.1) is 30.5 Å². The fraction of sp³-hybridized carbons (Fsp3) is 0.200. The van der Waals surface area contributed by atoms with Crippen LogP contribution in [0.5, 0.6) is 11.5 Å². The molecular formula is C25H26ClN3O5S. The molecule has 35 heavy (non-hydrogen) atoms. The third-order valence-electron chi connectivity index (χ3n) is 4.90. The van der Waals surface area contributed by atoms with Crippen LogP contribution in [0.25, 0.3) is 0 Å².